The van der Waals surface area contributed by atoms with Gasteiger partial charge >= 0.3 is 0 Å². The number of hydrogen-bond donors (Lipinski definition) is 2. The third-order valence-corrected chi connectivity index (χ3v) is 4.50. The number of aromatic nitrogens is 2. The van der Waals surface area contributed by atoms with Gasteiger partial charge in [0.1, 0.15) is 5.75 Å². The van der Waals surface area contributed by atoms with E-state index in [1.165, 1.54) is 0 Å². The van der Waals surface area contributed by atoms with E-state index in [1.54, 1.807) is 7.11 Å². The van der Waals surface area contributed by atoms with Crippen LogP contribution in [0.5, 0.6) is 5.75 Å². The van der Waals surface area contributed by atoms with E-state index >= 15 is 0 Å². The molecule has 0 spiro atoms. The Morgan fingerprint density at radius 1 is 1.32 bits per heavy atom. The van der Waals surface area contributed by atoms with Gasteiger partial charge in [0.2, 0.25) is 0 Å². The average Bonchev–Trinajstić information content (AvgIpc) is 2.96. The summed E-state index contributed by atoms with van der Waals surface area (Å²) in [6.45, 7) is 2.17. The van der Waals surface area contributed by atoms with Crippen LogP contribution in [0.25, 0.3) is 12.2 Å². The van der Waals surface area contributed by atoms with E-state index in [0.717, 1.165) is 40.6 Å². The van der Waals surface area contributed by atoms with Crippen LogP contribution in [0.4, 0.5) is 0 Å². The Hall–Kier alpha value is -2.56. The first-order chi connectivity index (χ1) is 10.6. The first-order valence-corrected chi connectivity index (χ1v) is 7.36. The van der Waals surface area contributed by atoms with E-state index in [2.05, 4.69) is 22.1 Å². The van der Waals surface area contributed by atoms with Gasteiger partial charge in [0.25, 0.3) is 5.56 Å². The van der Waals surface area contributed by atoms with Crippen molar-refractivity contribution in [3.8, 4) is 5.75 Å². The molecule has 5 heteroatoms. The van der Waals surface area contributed by atoms with E-state index in [9.17, 15) is 4.79 Å². The van der Waals surface area contributed by atoms with Crippen LogP contribution < -0.4 is 20.9 Å². The van der Waals surface area contributed by atoms with Crippen molar-refractivity contribution in [1.82, 2.24) is 10.2 Å². The fourth-order valence-electron chi connectivity index (χ4n) is 2.85. The highest BCUT2D eigenvalue weighted by Crippen LogP contribution is 2.47. The van der Waals surface area contributed by atoms with Crippen molar-refractivity contribution in [3.05, 3.63) is 56.1 Å². The Bertz CT molecular complexity index is 959. The number of nitrogens with zero attached hydrogens (tertiary/aromatic N) is 1. The fraction of sp³-hybridized carbons (Fsp3) is 0.294. The second-order valence-electron chi connectivity index (χ2n) is 6.18. The van der Waals surface area contributed by atoms with Crippen molar-refractivity contribution in [3.63, 3.8) is 0 Å². The number of nitrogens with one attached hydrogen (secondary N) is 2. The standard InChI is InChI=1S/C17H17N3O2/c1-17(5-6-17)15-13(16(21)20-19-15)9-11-7-10-8-12(22-2)3-4-14(10)18-11/h3-4,7-9H,5-6H2,1-2H3,(H2,19,20,21). The molecule has 0 saturated heterocycles. The maximum atomic E-state index is 12.1. The molecule has 2 aromatic rings. The minimum absolute atomic E-state index is 0.0900. The van der Waals surface area contributed by atoms with Gasteiger partial charge in [-0.25, -0.2) is 4.99 Å². The molecule has 1 saturated carbocycles. The van der Waals surface area contributed by atoms with Crippen molar-refractivity contribution >= 4 is 12.2 Å². The summed E-state index contributed by atoms with van der Waals surface area (Å²) < 4.78 is 5.23. The van der Waals surface area contributed by atoms with Crippen LogP contribution in [0.1, 0.15) is 31.0 Å². The van der Waals surface area contributed by atoms with Gasteiger partial charge in [0, 0.05) is 10.6 Å². The molecule has 1 aliphatic carbocycles. The highest BCUT2D eigenvalue weighted by molar-refractivity contribution is 5.67. The predicted molar refractivity (Wildman–Crippen MR) is 84.2 cm³/mol. The van der Waals surface area contributed by atoms with Crippen molar-refractivity contribution in [2.75, 3.05) is 7.11 Å². The van der Waals surface area contributed by atoms with Gasteiger partial charge in [-0.2, -0.15) is 0 Å². The van der Waals surface area contributed by atoms with Crippen LogP contribution in [0.3, 0.4) is 0 Å². The van der Waals surface area contributed by atoms with Crippen molar-refractivity contribution in [1.29, 1.82) is 0 Å². The number of rotatable bonds is 3. The Morgan fingerprint density at radius 3 is 2.86 bits per heavy atom. The lowest BCUT2D eigenvalue weighted by atomic mass is 10.0. The molecule has 4 rings (SSSR count). The van der Waals surface area contributed by atoms with E-state index < -0.39 is 0 Å². The van der Waals surface area contributed by atoms with Gasteiger partial charge in [-0.3, -0.25) is 9.89 Å². The minimum atomic E-state index is -0.0900. The number of benzene rings is 1. The molecule has 2 aliphatic rings. The quantitative estimate of drug-likeness (QED) is 0.894. The van der Waals surface area contributed by atoms with E-state index in [-0.39, 0.29) is 11.0 Å². The van der Waals surface area contributed by atoms with Crippen LogP contribution in [-0.2, 0) is 5.41 Å². The lowest BCUT2D eigenvalue weighted by Crippen LogP contribution is -2.20. The van der Waals surface area contributed by atoms with Crippen molar-refractivity contribution in [2.24, 2.45) is 4.99 Å². The molecule has 1 fully saturated rings. The maximum Gasteiger partial charge on any atom is 0.271 e. The SMILES string of the molecule is COc1ccc2c(c1)=CC(=Cc1c(C3(C)CC3)[nH][nH]c1=O)N=2. The molecule has 0 bridgehead atoms. The van der Waals surface area contributed by atoms with Crippen molar-refractivity contribution in [2.45, 2.75) is 25.2 Å². The molecule has 0 radical (unpaired) electrons. The Balaban J connectivity index is 1.81. The Labute approximate surface area is 127 Å². The zero-order valence-electron chi connectivity index (χ0n) is 12.6. The zero-order valence-corrected chi connectivity index (χ0v) is 12.6. The Morgan fingerprint density at radius 2 is 2.14 bits per heavy atom. The van der Waals surface area contributed by atoms with Crippen molar-refractivity contribution < 1.29 is 4.74 Å². The third kappa shape index (κ3) is 2.01. The molecule has 1 aromatic heterocycles. The molecule has 1 aliphatic heterocycles. The molecule has 2 heterocycles. The lowest BCUT2D eigenvalue weighted by molar-refractivity contribution is 0.414. The topological polar surface area (TPSA) is 70.2 Å². The molecule has 1 aromatic carbocycles. The highest BCUT2D eigenvalue weighted by atomic mass is 16.5. The van der Waals surface area contributed by atoms with Gasteiger partial charge in [-0.15, -0.1) is 0 Å². The number of aromatic amines is 2. The maximum absolute atomic E-state index is 12.1. The number of fused-ring (bicyclic) bond motifs is 1. The summed E-state index contributed by atoms with van der Waals surface area (Å²) in [5, 5.41) is 7.64. The molecule has 5 nitrogen and oxygen atoms in total. The van der Waals surface area contributed by atoms with Crippen LogP contribution in [0, 0.1) is 0 Å². The number of ether oxygens (including phenoxy) is 1. The number of hydrogen-bond acceptors (Lipinski definition) is 3. The number of allylic oxidation sites excluding steroid dienone is 1. The van der Waals surface area contributed by atoms with Gasteiger partial charge < -0.3 is 9.84 Å². The molecular weight excluding hydrogens is 278 g/mol. The van der Waals surface area contributed by atoms with Gasteiger partial charge in [-0.1, -0.05) is 6.92 Å². The predicted octanol–water partition coefficient (Wildman–Crippen LogP) is 1.22. The van der Waals surface area contributed by atoms with E-state index in [1.807, 2.05) is 30.4 Å². The summed E-state index contributed by atoms with van der Waals surface area (Å²) in [5.74, 6) is 0.803. The summed E-state index contributed by atoms with van der Waals surface area (Å²) in [5.41, 5.74) is 2.48. The zero-order chi connectivity index (χ0) is 15.3. The van der Waals surface area contributed by atoms with Gasteiger partial charge in [0.05, 0.1) is 29.4 Å². The Kier molecular flexibility index (Phi) is 2.66. The molecule has 2 N–H and O–H groups in total. The second-order valence-corrected chi connectivity index (χ2v) is 6.18. The van der Waals surface area contributed by atoms with Crippen LogP contribution >= 0.6 is 0 Å². The molecule has 0 unspecified atom stereocenters. The summed E-state index contributed by atoms with van der Waals surface area (Å²) in [7, 11) is 1.65. The molecule has 22 heavy (non-hydrogen) atoms. The molecule has 0 atom stereocenters. The summed E-state index contributed by atoms with van der Waals surface area (Å²) in [4.78, 5) is 16.6. The molecular formula is C17H17N3O2. The molecule has 0 amide bonds. The van der Waals surface area contributed by atoms with E-state index in [0.29, 0.717) is 5.56 Å². The normalized spacial score (nSPS) is 19.5. The van der Waals surface area contributed by atoms with Gasteiger partial charge in [0.15, 0.2) is 0 Å². The summed E-state index contributed by atoms with van der Waals surface area (Å²) >= 11 is 0. The fourth-order valence-corrected chi connectivity index (χ4v) is 2.85. The average molecular weight is 295 g/mol. The minimum Gasteiger partial charge on any atom is -0.497 e. The van der Waals surface area contributed by atoms with E-state index in [4.69, 9.17) is 4.74 Å². The summed E-state index contributed by atoms with van der Waals surface area (Å²) in [6.07, 6.45) is 6.05. The van der Waals surface area contributed by atoms with Crippen LogP contribution in [-0.4, -0.2) is 17.3 Å². The number of methoxy groups -OCH3 is 1. The molecule has 112 valence electrons. The lowest BCUT2D eigenvalue weighted by Gasteiger charge is -2.05. The second kappa shape index (κ2) is 4.47. The summed E-state index contributed by atoms with van der Waals surface area (Å²) in [6, 6.07) is 5.76. The smallest absolute Gasteiger partial charge is 0.271 e. The van der Waals surface area contributed by atoms with Gasteiger partial charge in [-0.05, 0) is 43.2 Å². The highest BCUT2D eigenvalue weighted by Gasteiger charge is 2.42. The monoisotopic (exact) mass is 295 g/mol. The first-order valence-electron chi connectivity index (χ1n) is 7.36. The number of H-pyrrole nitrogens is 2. The van der Waals surface area contributed by atoms with Crippen LogP contribution in [0.15, 0.2) is 33.7 Å². The van der Waals surface area contributed by atoms with Crippen LogP contribution in [0.2, 0.25) is 0 Å². The third-order valence-electron chi connectivity index (χ3n) is 4.50. The first kappa shape index (κ1) is 13.1. The largest absolute Gasteiger partial charge is 0.497 e.